The van der Waals surface area contributed by atoms with Gasteiger partial charge in [-0.3, -0.25) is 14.6 Å². The number of likely N-dealkylation sites (N-methyl/N-ethyl adjacent to an activating group) is 1. The summed E-state index contributed by atoms with van der Waals surface area (Å²) >= 11 is 0. The fourth-order valence-electron chi connectivity index (χ4n) is 4.23. The molecule has 0 aliphatic carbocycles. The minimum absolute atomic E-state index is 0.268. The Morgan fingerprint density at radius 1 is 0.875 bits per heavy atom. The molecule has 0 unspecified atom stereocenters. The van der Waals surface area contributed by atoms with Crippen molar-refractivity contribution in [2.24, 2.45) is 0 Å². The number of carbonyl (C=O) groups is 2. The van der Waals surface area contributed by atoms with E-state index in [1.54, 1.807) is 12.4 Å². The Bertz CT molecular complexity index is 1150. The first-order valence-corrected chi connectivity index (χ1v) is 10.9. The van der Waals surface area contributed by atoms with Crippen LogP contribution >= 0.6 is 0 Å². The van der Waals surface area contributed by atoms with E-state index in [4.69, 9.17) is 0 Å². The summed E-state index contributed by atoms with van der Waals surface area (Å²) in [4.78, 5) is 34.8. The minimum atomic E-state index is -0.274. The highest BCUT2D eigenvalue weighted by atomic mass is 16.2. The summed E-state index contributed by atoms with van der Waals surface area (Å²) < 4.78 is 0. The van der Waals surface area contributed by atoms with Gasteiger partial charge in [0, 0.05) is 25.5 Å². The molecule has 0 atom stereocenters. The van der Waals surface area contributed by atoms with Crippen LogP contribution in [0, 0.1) is 13.8 Å². The van der Waals surface area contributed by atoms with E-state index < -0.39 is 0 Å². The topological polar surface area (TPSA) is 53.5 Å². The number of nitrogens with zero attached hydrogens (tertiary/aromatic N) is 3. The van der Waals surface area contributed by atoms with Crippen LogP contribution in [0.2, 0.25) is 0 Å². The van der Waals surface area contributed by atoms with Gasteiger partial charge in [-0.2, -0.15) is 0 Å². The van der Waals surface area contributed by atoms with Crippen molar-refractivity contribution < 1.29 is 9.59 Å². The van der Waals surface area contributed by atoms with E-state index in [9.17, 15) is 9.59 Å². The van der Waals surface area contributed by atoms with Crippen molar-refractivity contribution in [2.45, 2.75) is 27.2 Å². The van der Waals surface area contributed by atoms with Gasteiger partial charge in [-0.1, -0.05) is 36.4 Å². The Balaban J connectivity index is 1.76. The second kappa shape index (κ2) is 9.18. The molecule has 0 bridgehead atoms. The molecule has 0 radical (unpaired) electrons. The Labute approximate surface area is 189 Å². The number of rotatable bonds is 7. The molecule has 5 heteroatoms. The number of hydrogen-bond donors (Lipinski definition) is 0. The SMILES string of the molecule is CCN(CCc1ccncc1)C1=C(c2ccccc2)C(=O)N(c2cc(C)cc(C)c2)C1=O. The second-order valence-corrected chi connectivity index (χ2v) is 8.07. The summed E-state index contributed by atoms with van der Waals surface area (Å²) in [5.74, 6) is -0.543. The summed E-state index contributed by atoms with van der Waals surface area (Å²) in [7, 11) is 0. The average Bonchev–Trinajstić information content (AvgIpc) is 3.05. The lowest BCUT2D eigenvalue weighted by Gasteiger charge is -2.25. The van der Waals surface area contributed by atoms with Crippen LogP contribution in [0.5, 0.6) is 0 Å². The summed E-state index contributed by atoms with van der Waals surface area (Å²) in [6.45, 7) is 7.21. The van der Waals surface area contributed by atoms with Gasteiger partial charge in [0.15, 0.2) is 0 Å². The molecular weight excluding hydrogens is 398 g/mol. The molecule has 0 fully saturated rings. The quantitative estimate of drug-likeness (QED) is 0.521. The number of anilines is 1. The van der Waals surface area contributed by atoms with Gasteiger partial charge in [0.25, 0.3) is 11.8 Å². The van der Waals surface area contributed by atoms with Gasteiger partial charge >= 0.3 is 0 Å². The fourth-order valence-corrected chi connectivity index (χ4v) is 4.23. The maximum Gasteiger partial charge on any atom is 0.282 e. The van der Waals surface area contributed by atoms with Gasteiger partial charge in [-0.15, -0.1) is 0 Å². The molecule has 1 aromatic heterocycles. The van der Waals surface area contributed by atoms with Crippen LogP contribution in [-0.4, -0.2) is 34.8 Å². The molecule has 32 heavy (non-hydrogen) atoms. The third kappa shape index (κ3) is 4.19. The van der Waals surface area contributed by atoms with Crippen molar-refractivity contribution in [3.05, 3.63) is 101 Å². The molecule has 3 aromatic rings. The maximum absolute atomic E-state index is 13.7. The van der Waals surface area contributed by atoms with E-state index in [1.165, 1.54) is 4.90 Å². The largest absolute Gasteiger partial charge is 0.366 e. The van der Waals surface area contributed by atoms with E-state index >= 15 is 0 Å². The van der Waals surface area contributed by atoms with Crippen LogP contribution in [0.3, 0.4) is 0 Å². The van der Waals surface area contributed by atoms with Gasteiger partial charge in [-0.05, 0) is 73.7 Å². The molecule has 0 spiro atoms. The Morgan fingerprint density at radius 3 is 2.16 bits per heavy atom. The number of hydrogen-bond acceptors (Lipinski definition) is 4. The van der Waals surface area contributed by atoms with Gasteiger partial charge in [0.1, 0.15) is 5.70 Å². The van der Waals surface area contributed by atoms with Crippen molar-refractivity contribution >= 4 is 23.1 Å². The first-order chi connectivity index (χ1) is 15.5. The lowest BCUT2D eigenvalue weighted by molar-refractivity contribution is -0.120. The highest BCUT2D eigenvalue weighted by Crippen LogP contribution is 2.35. The number of aryl methyl sites for hydroxylation is 2. The Kier molecular flexibility index (Phi) is 6.17. The van der Waals surface area contributed by atoms with Crippen LogP contribution < -0.4 is 4.90 Å². The van der Waals surface area contributed by atoms with Crippen molar-refractivity contribution in [2.75, 3.05) is 18.0 Å². The normalized spacial score (nSPS) is 13.8. The van der Waals surface area contributed by atoms with Gasteiger partial charge in [0.2, 0.25) is 0 Å². The van der Waals surface area contributed by atoms with Crippen LogP contribution in [0.25, 0.3) is 5.57 Å². The highest BCUT2D eigenvalue weighted by molar-refractivity contribution is 6.45. The standard InChI is InChI=1S/C27H27N3O2/c1-4-29(15-12-21-10-13-28-14-11-21)25-24(22-8-6-5-7-9-22)26(31)30(27(25)32)23-17-19(2)16-20(3)18-23/h5-11,13-14,16-18H,4,12,15H2,1-3H3. The van der Waals surface area contributed by atoms with Crippen LogP contribution in [0.15, 0.2) is 78.8 Å². The monoisotopic (exact) mass is 425 g/mol. The Morgan fingerprint density at radius 2 is 1.53 bits per heavy atom. The summed E-state index contributed by atoms with van der Waals surface area (Å²) in [5.41, 5.74) is 5.48. The summed E-state index contributed by atoms with van der Waals surface area (Å²) in [5, 5.41) is 0. The van der Waals surface area contributed by atoms with Gasteiger partial charge in [-0.25, -0.2) is 4.90 Å². The van der Waals surface area contributed by atoms with Crippen molar-refractivity contribution in [3.63, 3.8) is 0 Å². The number of pyridine rings is 1. The predicted molar refractivity (Wildman–Crippen MR) is 127 cm³/mol. The third-order valence-electron chi connectivity index (χ3n) is 5.70. The van der Waals surface area contributed by atoms with Crippen LogP contribution in [0.1, 0.15) is 29.2 Å². The molecule has 1 aliphatic heterocycles. The number of carbonyl (C=O) groups excluding carboxylic acids is 2. The smallest absolute Gasteiger partial charge is 0.282 e. The first kappa shape index (κ1) is 21.5. The maximum atomic E-state index is 13.7. The number of benzene rings is 2. The predicted octanol–water partition coefficient (Wildman–Crippen LogP) is 4.55. The van der Waals surface area contributed by atoms with Crippen molar-refractivity contribution in [1.82, 2.24) is 9.88 Å². The lowest BCUT2D eigenvalue weighted by atomic mass is 10.0. The van der Waals surface area contributed by atoms with E-state index in [2.05, 4.69) is 4.98 Å². The molecular formula is C27H27N3O2. The molecule has 0 saturated heterocycles. The zero-order valence-corrected chi connectivity index (χ0v) is 18.7. The first-order valence-electron chi connectivity index (χ1n) is 10.9. The molecule has 0 saturated carbocycles. The molecule has 2 aromatic carbocycles. The zero-order chi connectivity index (χ0) is 22.7. The molecule has 1 aliphatic rings. The Hall–Kier alpha value is -3.73. The van der Waals surface area contributed by atoms with E-state index in [0.29, 0.717) is 30.0 Å². The third-order valence-corrected chi connectivity index (χ3v) is 5.70. The van der Waals surface area contributed by atoms with E-state index in [1.807, 2.05) is 86.3 Å². The molecule has 5 nitrogen and oxygen atoms in total. The highest BCUT2D eigenvalue weighted by Gasteiger charge is 2.42. The number of amides is 2. The minimum Gasteiger partial charge on any atom is -0.366 e. The second-order valence-electron chi connectivity index (χ2n) is 8.07. The summed E-state index contributed by atoms with van der Waals surface area (Å²) in [6, 6.07) is 19.2. The lowest BCUT2D eigenvalue weighted by Crippen LogP contribution is -2.36. The van der Waals surface area contributed by atoms with Crippen molar-refractivity contribution in [1.29, 1.82) is 0 Å². The van der Waals surface area contributed by atoms with Crippen LogP contribution in [0.4, 0.5) is 5.69 Å². The summed E-state index contributed by atoms with van der Waals surface area (Å²) in [6.07, 6.45) is 4.30. The van der Waals surface area contributed by atoms with Gasteiger partial charge in [0.05, 0.1) is 11.3 Å². The molecule has 2 heterocycles. The zero-order valence-electron chi connectivity index (χ0n) is 18.7. The number of aromatic nitrogens is 1. The van der Waals surface area contributed by atoms with E-state index in [0.717, 1.165) is 28.7 Å². The molecule has 162 valence electrons. The fraction of sp³-hybridized carbons (Fsp3) is 0.222. The molecule has 0 N–H and O–H groups in total. The van der Waals surface area contributed by atoms with E-state index in [-0.39, 0.29) is 11.8 Å². The number of imide groups is 1. The molecule has 2 amide bonds. The van der Waals surface area contributed by atoms with Crippen LogP contribution in [-0.2, 0) is 16.0 Å². The molecule has 4 rings (SSSR count). The van der Waals surface area contributed by atoms with Crippen molar-refractivity contribution in [3.8, 4) is 0 Å². The average molecular weight is 426 g/mol. The van der Waals surface area contributed by atoms with Gasteiger partial charge < -0.3 is 4.90 Å².